The van der Waals surface area contributed by atoms with Gasteiger partial charge in [-0.05, 0) is 37.1 Å². The van der Waals surface area contributed by atoms with Crippen LogP contribution in [0.5, 0.6) is 0 Å². The van der Waals surface area contributed by atoms with Crippen LogP contribution in [0.4, 0.5) is 5.69 Å². The summed E-state index contributed by atoms with van der Waals surface area (Å²) < 4.78 is 10.2. The highest BCUT2D eigenvalue weighted by Crippen LogP contribution is 2.28. The summed E-state index contributed by atoms with van der Waals surface area (Å²) in [5.41, 5.74) is 1.44. The van der Waals surface area contributed by atoms with Crippen molar-refractivity contribution < 1.29 is 19.1 Å². The zero-order valence-corrected chi connectivity index (χ0v) is 12.5. The maximum absolute atomic E-state index is 12.0. The Morgan fingerprint density at radius 3 is 3.00 bits per heavy atom. The molecule has 0 aromatic carbocycles. The molecule has 5 nitrogen and oxygen atoms in total. The number of carbonyl (C=O) groups is 2. The second-order valence-electron chi connectivity index (χ2n) is 4.84. The molecular weight excluding hydrogens is 278 g/mol. The number of hydrogen-bond donors (Lipinski definition) is 1. The van der Waals surface area contributed by atoms with Gasteiger partial charge < -0.3 is 14.8 Å². The van der Waals surface area contributed by atoms with Crippen molar-refractivity contribution in [2.45, 2.75) is 38.7 Å². The Morgan fingerprint density at radius 1 is 1.55 bits per heavy atom. The van der Waals surface area contributed by atoms with E-state index in [1.54, 1.807) is 0 Å². The van der Waals surface area contributed by atoms with E-state index in [2.05, 4.69) is 5.32 Å². The third-order valence-electron chi connectivity index (χ3n) is 3.33. The van der Waals surface area contributed by atoms with Crippen LogP contribution in [0.25, 0.3) is 0 Å². The fraction of sp³-hybridized carbons (Fsp3) is 0.571. The molecule has 0 radical (unpaired) electrons. The van der Waals surface area contributed by atoms with Crippen molar-refractivity contribution >= 4 is 28.9 Å². The monoisotopic (exact) mass is 297 g/mol. The summed E-state index contributed by atoms with van der Waals surface area (Å²) in [7, 11) is 1.33. The highest BCUT2D eigenvalue weighted by molar-refractivity contribution is 7.12. The predicted octanol–water partition coefficient (Wildman–Crippen LogP) is 2.74. The lowest BCUT2D eigenvalue weighted by Gasteiger charge is -2.10. The first-order chi connectivity index (χ1) is 9.61. The van der Waals surface area contributed by atoms with Crippen LogP contribution in [-0.2, 0) is 14.3 Å². The smallest absolute Gasteiger partial charge is 0.350 e. The molecule has 110 valence electrons. The first-order valence-electron chi connectivity index (χ1n) is 6.69. The van der Waals surface area contributed by atoms with Gasteiger partial charge in [-0.2, -0.15) is 0 Å². The summed E-state index contributed by atoms with van der Waals surface area (Å²) in [5, 5.41) is 4.65. The second kappa shape index (κ2) is 6.85. The number of carbonyl (C=O) groups excluding carboxylic acids is 2. The number of rotatable bonds is 5. The van der Waals surface area contributed by atoms with Crippen molar-refractivity contribution in [3.8, 4) is 0 Å². The number of amides is 1. The largest absolute Gasteiger partial charge is 0.465 e. The van der Waals surface area contributed by atoms with Crippen molar-refractivity contribution in [3.05, 3.63) is 15.8 Å². The molecule has 1 N–H and O–H groups in total. The van der Waals surface area contributed by atoms with Gasteiger partial charge in [-0.25, -0.2) is 4.79 Å². The first-order valence-corrected chi connectivity index (χ1v) is 7.57. The molecule has 6 heteroatoms. The van der Waals surface area contributed by atoms with E-state index in [0.717, 1.165) is 31.4 Å². The Kier molecular flexibility index (Phi) is 5.14. The van der Waals surface area contributed by atoms with Crippen molar-refractivity contribution in [3.63, 3.8) is 0 Å². The minimum Gasteiger partial charge on any atom is -0.465 e. The molecule has 2 rings (SSSR count). The van der Waals surface area contributed by atoms with Gasteiger partial charge in [0.25, 0.3) is 0 Å². The number of methoxy groups -OCH3 is 1. The average molecular weight is 297 g/mol. The van der Waals surface area contributed by atoms with Crippen LogP contribution in [0.3, 0.4) is 0 Å². The van der Waals surface area contributed by atoms with E-state index in [-0.39, 0.29) is 12.0 Å². The molecule has 1 unspecified atom stereocenters. The molecule has 1 aromatic heterocycles. The number of hydrogen-bond acceptors (Lipinski definition) is 5. The van der Waals surface area contributed by atoms with Crippen molar-refractivity contribution in [1.82, 2.24) is 0 Å². The van der Waals surface area contributed by atoms with Crippen LogP contribution in [-0.4, -0.2) is 31.7 Å². The van der Waals surface area contributed by atoms with Gasteiger partial charge in [-0.15, -0.1) is 11.3 Å². The summed E-state index contributed by atoms with van der Waals surface area (Å²) in [6.45, 7) is 2.65. The standard InChI is InChI=1S/C14H19NO4S/c1-9-8-20-13(14(17)18-2)12(9)15-11(16)6-5-10-4-3-7-19-10/h8,10H,3-7H2,1-2H3,(H,15,16). The van der Waals surface area contributed by atoms with Gasteiger partial charge in [-0.3, -0.25) is 4.79 Å². The Labute approximate surface area is 122 Å². The van der Waals surface area contributed by atoms with Gasteiger partial charge in [-0.1, -0.05) is 0 Å². The summed E-state index contributed by atoms with van der Waals surface area (Å²) >= 11 is 1.28. The molecule has 0 saturated carbocycles. The number of nitrogens with one attached hydrogen (secondary N) is 1. The van der Waals surface area contributed by atoms with E-state index >= 15 is 0 Å². The highest BCUT2D eigenvalue weighted by Gasteiger charge is 2.20. The second-order valence-corrected chi connectivity index (χ2v) is 5.72. The van der Waals surface area contributed by atoms with Crippen LogP contribution in [0.2, 0.25) is 0 Å². The van der Waals surface area contributed by atoms with E-state index in [1.807, 2.05) is 12.3 Å². The molecule has 1 amide bonds. The normalized spacial score (nSPS) is 18.0. The molecule has 1 atom stereocenters. The molecule has 1 aromatic rings. The predicted molar refractivity (Wildman–Crippen MR) is 77.2 cm³/mol. The van der Waals surface area contributed by atoms with Crippen LogP contribution >= 0.6 is 11.3 Å². The summed E-state index contributed by atoms with van der Waals surface area (Å²) in [4.78, 5) is 24.0. The van der Waals surface area contributed by atoms with Crippen molar-refractivity contribution in [2.24, 2.45) is 0 Å². The third-order valence-corrected chi connectivity index (χ3v) is 4.41. The van der Waals surface area contributed by atoms with Gasteiger partial charge in [0.2, 0.25) is 5.91 Å². The minimum absolute atomic E-state index is 0.0906. The van der Waals surface area contributed by atoms with Crippen LogP contribution < -0.4 is 5.32 Å². The van der Waals surface area contributed by atoms with E-state index in [0.29, 0.717) is 17.0 Å². The number of ether oxygens (including phenoxy) is 2. The third kappa shape index (κ3) is 3.58. The zero-order valence-electron chi connectivity index (χ0n) is 11.7. The van der Waals surface area contributed by atoms with E-state index in [1.165, 1.54) is 18.4 Å². The highest BCUT2D eigenvalue weighted by atomic mass is 32.1. The fourth-order valence-corrected chi connectivity index (χ4v) is 3.13. The van der Waals surface area contributed by atoms with Gasteiger partial charge in [0.1, 0.15) is 4.88 Å². The molecular formula is C14H19NO4S. The number of thiophene rings is 1. The molecule has 0 spiro atoms. The minimum atomic E-state index is -0.419. The van der Waals surface area contributed by atoms with Gasteiger partial charge in [0.05, 0.1) is 18.9 Å². The molecule has 2 heterocycles. The molecule has 0 bridgehead atoms. The van der Waals surface area contributed by atoms with Crippen LogP contribution in [0.1, 0.15) is 40.9 Å². The molecule has 1 fully saturated rings. The topological polar surface area (TPSA) is 64.6 Å². The summed E-state index contributed by atoms with van der Waals surface area (Å²) in [6, 6.07) is 0. The van der Waals surface area contributed by atoms with Crippen LogP contribution in [0.15, 0.2) is 5.38 Å². The van der Waals surface area contributed by atoms with Crippen LogP contribution in [0, 0.1) is 6.92 Å². The maximum atomic E-state index is 12.0. The van der Waals surface area contributed by atoms with E-state index < -0.39 is 5.97 Å². The maximum Gasteiger partial charge on any atom is 0.350 e. The molecule has 1 saturated heterocycles. The number of anilines is 1. The summed E-state index contributed by atoms with van der Waals surface area (Å²) in [5.74, 6) is -0.510. The van der Waals surface area contributed by atoms with Gasteiger partial charge in [0.15, 0.2) is 0 Å². The molecule has 0 aliphatic carbocycles. The lowest BCUT2D eigenvalue weighted by molar-refractivity contribution is -0.116. The fourth-order valence-electron chi connectivity index (χ4n) is 2.21. The van der Waals surface area contributed by atoms with Gasteiger partial charge >= 0.3 is 5.97 Å². The first kappa shape index (κ1) is 15.0. The Bertz CT molecular complexity index is 491. The van der Waals surface area contributed by atoms with E-state index in [9.17, 15) is 9.59 Å². The van der Waals surface area contributed by atoms with Gasteiger partial charge in [0, 0.05) is 13.0 Å². The number of aryl methyl sites for hydroxylation is 1. The number of esters is 1. The Hall–Kier alpha value is -1.40. The zero-order chi connectivity index (χ0) is 14.5. The lowest BCUT2D eigenvalue weighted by Crippen LogP contribution is -2.17. The van der Waals surface area contributed by atoms with Crippen molar-refractivity contribution in [2.75, 3.05) is 19.0 Å². The molecule has 20 heavy (non-hydrogen) atoms. The average Bonchev–Trinajstić information content (AvgIpc) is 3.07. The lowest BCUT2D eigenvalue weighted by atomic mass is 10.1. The quantitative estimate of drug-likeness (QED) is 0.849. The Balaban J connectivity index is 1.93. The SMILES string of the molecule is COC(=O)c1scc(C)c1NC(=O)CCC1CCCO1. The summed E-state index contributed by atoms with van der Waals surface area (Å²) in [6.07, 6.45) is 3.42. The van der Waals surface area contributed by atoms with Crippen molar-refractivity contribution in [1.29, 1.82) is 0 Å². The molecule has 1 aliphatic heterocycles. The van der Waals surface area contributed by atoms with E-state index in [4.69, 9.17) is 9.47 Å². The molecule has 1 aliphatic rings. The Morgan fingerprint density at radius 2 is 2.35 bits per heavy atom.